The minimum atomic E-state index is 0.575. The van der Waals surface area contributed by atoms with Crippen LogP contribution in [0.2, 0.25) is 0 Å². The molecule has 2 heteroatoms. The van der Waals surface area contributed by atoms with E-state index in [1.165, 1.54) is 0 Å². The highest BCUT2D eigenvalue weighted by Crippen LogP contribution is 2.00. The lowest BCUT2D eigenvalue weighted by Crippen LogP contribution is -1.72. The third kappa shape index (κ3) is 6.58. The minimum absolute atomic E-state index is 0.575. The van der Waals surface area contributed by atoms with Gasteiger partial charge in [0.25, 0.3) is 0 Å². The highest BCUT2D eigenvalue weighted by Gasteiger charge is 1.85. The van der Waals surface area contributed by atoms with E-state index in [2.05, 4.69) is 12.6 Å². The van der Waals surface area contributed by atoms with Crippen LogP contribution >= 0.6 is 0 Å². The monoisotopic (exact) mass is 160 g/mol. The standard InChI is InChI=1S/C10H12N2/c1-10(9-12)7-5-3-2-4-6-8-11/h3,5H,1-2,4,6-7H2/b5-3+. The number of allylic oxidation sites excluding steroid dienone is 3. The molecular formula is C10H12N2. The Balaban J connectivity index is 3.34. The highest BCUT2D eigenvalue weighted by atomic mass is 14.2. The van der Waals surface area contributed by atoms with Crippen molar-refractivity contribution in [3.05, 3.63) is 24.3 Å². The molecule has 0 saturated heterocycles. The topological polar surface area (TPSA) is 47.6 Å². The normalized spacial score (nSPS) is 9.17. The maximum Gasteiger partial charge on any atom is 0.0944 e. The third-order valence-corrected chi connectivity index (χ3v) is 1.35. The summed E-state index contributed by atoms with van der Waals surface area (Å²) in [5, 5.41) is 16.6. The van der Waals surface area contributed by atoms with Crippen LogP contribution in [0.15, 0.2) is 24.3 Å². The summed E-state index contributed by atoms with van der Waals surface area (Å²) in [6, 6.07) is 4.04. The van der Waals surface area contributed by atoms with Crippen molar-refractivity contribution in [2.24, 2.45) is 0 Å². The van der Waals surface area contributed by atoms with Crippen LogP contribution in [0.1, 0.15) is 25.7 Å². The van der Waals surface area contributed by atoms with Gasteiger partial charge in [-0.25, -0.2) is 0 Å². The van der Waals surface area contributed by atoms with Gasteiger partial charge in [0, 0.05) is 12.0 Å². The lowest BCUT2D eigenvalue weighted by molar-refractivity contribution is 0.874. The van der Waals surface area contributed by atoms with Crippen molar-refractivity contribution in [3.8, 4) is 12.1 Å². The first-order valence-corrected chi connectivity index (χ1v) is 3.91. The van der Waals surface area contributed by atoms with Crippen molar-refractivity contribution in [2.75, 3.05) is 0 Å². The zero-order valence-electron chi connectivity index (χ0n) is 7.08. The molecule has 0 atom stereocenters. The minimum Gasteiger partial charge on any atom is -0.198 e. The van der Waals surface area contributed by atoms with Gasteiger partial charge < -0.3 is 0 Å². The van der Waals surface area contributed by atoms with E-state index in [4.69, 9.17) is 10.5 Å². The Labute approximate surface area is 73.4 Å². The lowest BCUT2D eigenvalue weighted by Gasteiger charge is -1.87. The quantitative estimate of drug-likeness (QED) is 0.352. The van der Waals surface area contributed by atoms with E-state index in [1.807, 2.05) is 18.2 Å². The summed E-state index contributed by atoms with van der Waals surface area (Å²) in [5.74, 6) is 0. The first-order chi connectivity index (χ1) is 5.81. The predicted molar refractivity (Wildman–Crippen MR) is 48.0 cm³/mol. The van der Waals surface area contributed by atoms with Crippen LogP contribution in [-0.4, -0.2) is 0 Å². The first kappa shape index (κ1) is 10.5. The summed E-state index contributed by atoms with van der Waals surface area (Å²) >= 11 is 0. The van der Waals surface area contributed by atoms with Gasteiger partial charge in [0.05, 0.1) is 12.1 Å². The summed E-state index contributed by atoms with van der Waals surface area (Å²) < 4.78 is 0. The molecule has 0 bridgehead atoms. The molecule has 0 aromatic carbocycles. The predicted octanol–water partition coefficient (Wildman–Crippen LogP) is 2.71. The molecule has 0 aromatic rings. The summed E-state index contributed by atoms with van der Waals surface area (Å²) in [7, 11) is 0. The number of unbranched alkanes of at least 4 members (excludes halogenated alkanes) is 2. The second-order valence-corrected chi connectivity index (χ2v) is 2.44. The maximum absolute atomic E-state index is 8.35. The fourth-order valence-electron chi connectivity index (χ4n) is 0.688. The molecule has 0 amide bonds. The Morgan fingerprint density at radius 1 is 1.33 bits per heavy atom. The lowest BCUT2D eigenvalue weighted by atomic mass is 10.2. The molecule has 12 heavy (non-hydrogen) atoms. The second kappa shape index (κ2) is 7.57. The smallest absolute Gasteiger partial charge is 0.0944 e. The Morgan fingerprint density at radius 2 is 2.08 bits per heavy atom. The zero-order valence-corrected chi connectivity index (χ0v) is 7.08. The third-order valence-electron chi connectivity index (χ3n) is 1.35. The number of hydrogen-bond donors (Lipinski definition) is 0. The molecular weight excluding hydrogens is 148 g/mol. The average molecular weight is 160 g/mol. The van der Waals surface area contributed by atoms with E-state index in [9.17, 15) is 0 Å². The Kier molecular flexibility index (Phi) is 6.59. The van der Waals surface area contributed by atoms with E-state index in [0.29, 0.717) is 18.4 Å². The van der Waals surface area contributed by atoms with Gasteiger partial charge in [0.15, 0.2) is 0 Å². The molecule has 0 aliphatic rings. The van der Waals surface area contributed by atoms with Gasteiger partial charge in [-0.2, -0.15) is 10.5 Å². The Hall–Kier alpha value is -1.54. The fourth-order valence-corrected chi connectivity index (χ4v) is 0.688. The van der Waals surface area contributed by atoms with Crippen LogP contribution in [0.4, 0.5) is 0 Å². The molecule has 0 aliphatic carbocycles. The average Bonchev–Trinajstić information content (AvgIpc) is 2.10. The molecule has 0 aliphatic heterocycles. The van der Waals surface area contributed by atoms with Gasteiger partial charge in [0.2, 0.25) is 0 Å². The summed E-state index contributed by atoms with van der Waals surface area (Å²) in [6.45, 7) is 3.54. The molecule has 0 heterocycles. The van der Waals surface area contributed by atoms with Crippen LogP contribution in [0.5, 0.6) is 0 Å². The molecule has 0 unspecified atom stereocenters. The van der Waals surface area contributed by atoms with E-state index in [0.717, 1.165) is 12.8 Å². The number of nitriles is 2. The van der Waals surface area contributed by atoms with Gasteiger partial charge in [-0.1, -0.05) is 18.7 Å². The van der Waals surface area contributed by atoms with Crippen molar-refractivity contribution in [1.29, 1.82) is 10.5 Å². The van der Waals surface area contributed by atoms with Crippen LogP contribution in [0.25, 0.3) is 0 Å². The summed E-state index contributed by atoms with van der Waals surface area (Å²) in [6.07, 6.45) is 6.94. The van der Waals surface area contributed by atoms with Crippen LogP contribution in [0.3, 0.4) is 0 Å². The zero-order chi connectivity index (χ0) is 9.23. The van der Waals surface area contributed by atoms with E-state index < -0.39 is 0 Å². The van der Waals surface area contributed by atoms with E-state index in [-0.39, 0.29) is 0 Å². The van der Waals surface area contributed by atoms with Gasteiger partial charge in [0.1, 0.15) is 0 Å². The molecule has 0 aromatic heterocycles. The molecule has 62 valence electrons. The summed E-state index contributed by atoms with van der Waals surface area (Å²) in [4.78, 5) is 0. The molecule has 0 saturated carbocycles. The van der Waals surface area contributed by atoms with Gasteiger partial charge in [-0.15, -0.1) is 0 Å². The molecule has 0 fully saturated rings. The Morgan fingerprint density at radius 3 is 2.67 bits per heavy atom. The van der Waals surface area contributed by atoms with E-state index >= 15 is 0 Å². The van der Waals surface area contributed by atoms with Crippen LogP contribution in [0, 0.1) is 22.7 Å². The number of nitrogens with zero attached hydrogens (tertiary/aromatic N) is 2. The van der Waals surface area contributed by atoms with Crippen molar-refractivity contribution in [3.63, 3.8) is 0 Å². The summed E-state index contributed by atoms with van der Waals surface area (Å²) in [5.41, 5.74) is 0.575. The fraction of sp³-hybridized carbons (Fsp3) is 0.400. The van der Waals surface area contributed by atoms with Crippen molar-refractivity contribution in [1.82, 2.24) is 0 Å². The van der Waals surface area contributed by atoms with Gasteiger partial charge in [-0.05, 0) is 19.3 Å². The Bertz CT molecular complexity index is 238. The van der Waals surface area contributed by atoms with Crippen molar-refractivity contribution < 1.29 is 0 Å². The molecule has 0 N–H and O–H groups in total. The van der Waals surface area contributed by atoms with Crippen molar-refractivity contribution >= 4 is 0 Å². The largest absolute Gasteiger partial charge is 0.198 e. The van der Waals surface area contributed by atoms with Gasteiger partial charge in [-0.3, -0.25) is 0 Å². The molecule has 0 rings (SSSR count). The second-order valence-electron chi connectivity index (χ2n) is 2.44. The van der Waals surface area contributed by atoms with Crippen LogP contribution < -0.4 is 0 Å². The number of rotatable bonds is 5. The van der Waals surface area contributed by atoms with Crippen molar-refractivity contribution in [2.45, 2.75) is 25.7 Å². The molecule has 0 radical (unpaired) electrons. The molecule has 2 nitrogen and oxygen atoms in total. The highest BCUT2D eigenvalue weighted by molar-refractivity contribution is 5.18. The van der Waals surface area contributed by atoms with E-state index in [1.54, 1.807) is 0 Å². The number of hydrogen-bond acceptors (Lipinski definition) is 2. The maximum atomic E-state index is 8.35. The van der Waals surface area contributed by atoms with Gasteiger partial charge >= 0.3 is 0 Å². The van der Waals surface area contributed by atoms with Crippen LogP contribution in [-0.2, 0) is 0 Å². The molecule has 0 spiro atoms. The first-order valence-electron chi connectivity index (χ1n) is 3.91. The SMILES string of the molecule is C=C(C#N)C/C=C/CCCC#N.